The Labute approximate surface area is 126 Å². The minimum absolute atomic E-state index is 0.162. The van der Waals surface area contributed by atoms with Gasteiger partial charge in [0, 0.05) is 24.7 Å². The van der Waals surface area contributed by atoms with Gasteiger partial charge in [-0.3, -0.25) is 14.9 Å². The van der Waals surface area contributed by atoms with Crippen molar-refractivity contribution in [3.63, 3.8) is 0 Å². The largest absolute Gasteiger partial charge is 0.480 e. The lowest BCUT2D eigenvalue weighted by atomic mass is 10.0. The number of carbonyl (C=O) groups is 2. The molecule has 0 aliphatic carbocycles. The van der Waals surface area contributed by atoms with E-state index in [0.717, 1.165) is 6.42 Å². The van der Waals surface area contributed by atoms with Crippen LogP contribution in [0.3, 0.4) is 0 Å². The minimum Gasteiger partial charge on any atom is -0.480 e. The number of carbonyl (C=O) groups excluding carboxylic acids is 1. The second-order valence-corrected chi connectivity index (χ2v) is 4.99. The number of benzene rings is 1. The molecule has 2 N–H and O–H groups in total. The van der Waals surface area contributed by atoms with E-state index in [0.29, 0.717) is 13.0 Å². The highest BCUT2D eigenvalue weighted by atomic mass is 16.6. The van der Waals surface area contributed by atoms with Gasteiger partial charge in [-0.25, -0.2) is 4.79 Å². The van der Waals surface area contributed by atoms with Crippen LogP contribution in [0.5, 0.6) is 0 Å². The van der Waals surface area contributed by atoms with Crippen molar-refractivity contribution in [3.8, 4) is 0 Å². The van der Waals surface area contributed by atoms with E-state index in [1.807, 2.05) is 0 Å². The molecule has 2 atom stereocenters. The molecule has 1 heterocycles. The third kappa shape index (κ3) is 3.79. The SMILES string of the molecule is O=C(O)[C@H](Cc1ccccc1[N+](=O)[O-])NC(=O)[C@H]1CCCO1. The normalized spacial score (nSPS) is 18.6. The van der Waals surface area contributed by atoms with Crippen LogP contribution in [0, 0.1) is 10.1 Å². The highest BCUT2D eigenvalue weighted by molar-refractivity contribution is 5.86. The molecule has 1 aliphatic heterocycles. The molecule has 1 amide bonds. The molecule has 2 rings (SSSR count). The van der Waals surface area contributed by atoms with Crippen molar-refractivity contribution < 1.29 is 24.4 Å². The lowest BCUT2D eigenvalue weighted by Gasteiger charge is -2.17. The summed E-state index contributed by atoms with van der Waals surface area (Å²) in [6.45, 7) is 0.472. The van der Waals surface area contributed by atoms with Crippen LogP contribution in [-0.4, -0.2) is 40.7 Å². The number of ether oxygens (including phenoxy) is 1. The average molecular weight is 308 g/mol. The van der Waals surface area contributed by atoms with Gasteiger partial charge in [0.05, 0.1) is 4.92 Å². The predicted octanol–water partition coefficient (Wildman–Crippen LogP) is 0.886. The van der Waals surface area contributed by atoms with E-state index in [1.165, 1.54) is 18.2 Å². The Morgan fingerprint density at radius 1 is 1.45 bits per heavy atom. The summed E-state index contributed by atoms with van der Waals surface area (Å²) in [5.74, 6) is -1.74. The fraction of sp³-hybridized carbons (Fsp3) is 0.429. The number of rotatable bonds is 6. The summed E-state index contributed by atoms with van der Waals surface area (Å²) in [5.41, 5.74) is 0.0904. The van der Waals surface area contributed by atoms with Crippen molar-refractivity contribution in [1.82, 2.24) is 5.32 Å². The maximum atomic E-state index is 11.9. The van der Waals surface area contributed by atoms with Gasteiger partial charge in [0.1, 0.15) is 12.1 Å². The van der Waals surface area contributed by atoms with E-state index in [4.69, 9.17) is 4.74 Å². The zero-order valence-corrected chi connectivity index (χ0v) is 11.7. The molecular formula is C14H16N2O6. The third-order valence-electron chi connectivity index (χ3n) is 3.45. The molecule has 1 fully saturated rings. The monoisotopic (exact) mass is 308 g/mol. The molecule has 1 aromatic rings. The van der Waals surface area contributed by atoms with Gasteiger partial charge in [0.25, 0.3) is 5.69 Å². The molecule has 0 aromatic heterocycles. The topological polar surface area (TPSA) is 119 Å². The summed E-state index contributed by atoms with van der Waals surface area (Å²) >= 11 is 0. The molecule has 0 radical (unpaired) electrons. The quantitative estimate of drug-likeness (QED) is 0.595. The first kappa shape index (κ1) is 15.9. The van der Waals surface area contributed by atoms with Crippen LogP contribution in [0.15, 0.2) is 24.3 Å². The molecule has 8 nitrogen and oxygen atoms in total. The molecule has 118 valence electrons. The molecule has 0 bridgehead atoms. The van der Waals surface area contributed by atoms with Crippen molar-refractivity contribution in [1.29, 1.82) is 0 Å². The first-order valence-electron chi connectivity index (χ1n) is 6.86. The van der Waals surface area contributed by atoms with Crippen LogP contribution in [0.2, 0.25) is 0 Å². The van der Waals surface area contributed by atoms with E-state index < -0.39 is 28.9 Å². The van der Waals surface area contributed by atoms with E-state index >= 15 is 0 Å². The number of carboxylic acid groups (broad SMARTS) is 1. The zero-order chi connectivity index (χ0) is 16.1. The maximum absolute atomic E-state index is 11.9. The molecule has 0 unspecified atom stereocenters. The minimum atomic E-state index is -1.25. The van der Waals surface area contributed by atoms with Crippen LogP contribution >= 0.6 is 0 Å². The van der Waals surface area contributed by atoms with E-state index in [9.17, 15) is 24.8 Å². The Morgan fingerprint density at radius 2 is 2.18 bits per heavy atom. The molecule has 0 spiro atoms. The Hall–Kier alpha value is -2.48. The highest BCUT2D eigenvalue weighted by Crippen LogP contribution is 2.20. The number of carboxylic acids is 1. The van der Waals surface area contributed by atoms with Crippen LogP contribution in [0.1, 0.15) is 18.4 Å². The molecule has 1 saturated heterocycles. The number of amides is 1. The van der Waals surface area contributed by atoms with Crippen LogP contribution in [0.25, 0.3) is 0 Å². The molecule has 0 saturated carbocycles. The van der Waals surface area contributed by atoms with Crippen molar-refractivity contribution in [2.75, 3.05) is 6.61 Å². The number of hydrogen-bond acceptors (Lipinski definition) is 5. The van der Waals surface area contributed by atoms with Gasteiger partial charge >= 0.3 is 5.97 Å². The number of hydrogen-bond donors (Lipinski definition) is 2. The van der Waals surface area contributed by atoms with Crippen LogP contribution in [-0.2, 0) is 20.7 Å². The first-order chi connectivity index (χ1) is 10.5. The van der Waals surface area contributed by atoms with Crippen molar-refractivity contribution in [2.45, 2.75) is 31.4 Å². The summed E-state index contributed by atoms with van der Waals surface area (Å²) in [4.78, 5) is 33.6. The predicted molar refractivity (Wildman–Crippen MR) is 75.3 cm³/mol. The number of para-hydroxylation sites is 1. The van der Waals surface area contributed by atoms with E-state index in [2.05, 4.69) is 5.32 Å². The summed E-state index contributed by atoms with van der Waals surface area (Å²) < 4.78 is 5.19. The molecule has 8 heteroatoms. The van der Waals surface area contributed by atoms with Crippen molar-refractivity contribution in [3.05, 3.63) is 39.9 Å². The number of nitrogens with zero attached hydrogens (tertiary/aromatic N) is 1. The van der Waals surface area contributed by atoms with Gasteiger partial charge < -0.3 is 15.2 Å². The standard InChI is InChI=1S/C14H16N2O6/c17-13(12-6-3-7-22-12)15-10(14(18)19)8-9-4-1-2-5-11(9)16(20)21/h1-2,4-5,10,12H,3,6-8H2,(H,15,17)(H,18,19)/t10-,12+/m0/s1. The second-order valence-electron chi connectivity index (χ2n) is 4.99. The Balaban J connectivity index is 2.10. The van der Waals surface area contributed by atoms with Gasteiger partial charge in [0.2, 0.25) is 5.91 Å². The fourth-order valence-electron chi connectivity index (χ4n) is 2.33. The van der Waals surface area contributed by atoms with Crippen molar-refractivity contribution in [2.24, 2.45) is 0 Å². The Morgan fingerprint density at radius 3 is 2.77 bits per heavy atom. The number of aliphatic carboxylic acids is 1. The maximum Gasteiger partial charge on any atom is 0.326 e. The third-order valence-corrected chi connectivity index (χ3v) is 3.45. The van der Waals surface area contributed by atoms with Crippen LogP contribution < -0.4 is 5.32 Å². The molecule has 1 aromatic carbocycles. The highest BCUT2D eigenvalue weighted by Gasteiger charge is 2.29. The van der Waals surface area contributed by atoms with Gasteiger partial charge in [-0.2, -0.15) is 0 Å². The first-order valence-corrected chi connectivity index (χ1v) is 6.86. The molecule has 22 heavy (non-hydrogen) atoms. The molecule has 1 aliphatic rings. The van der Waals surface area contributed by atoms with Gasteiger partial charge in [-0.15, -0.1) is 0 Å². The van der Waals surface area contributed by atoms with Gasteiger partial charge in [0.15, 0.2) is 0 Å². The smallest absolute Gasteiger partial charge is 0.326 e. The zero-order valence-electron chi connectivity index (χ0n) is 11.7. The number of nitro benzene ring substituents is 1. The lowest BCUT2D eigenvalue weighted by molar-refractivity contribution is -0.385. The number of nitro groups is 1. The Kier molecular flexibility index (Phi) is 5.05. The number of nitrogens with one attached hydrogen (secondary N) is 1. The van der Waals surface area contributed by atoms with Crippen molar-refractivity contribution >= 4 is 17.6 Å². The second kappa shape index (κ2) is 6.99. The van der Waals surface area contributed by atoms with E-state index in [1.54, 1.807) is 6.07 Å². The summed E-state index contributed by atoms with van der Waals surface area (Å²) in [7, 11) is 0. The Bertz CT molecular complexity index is 582. The fourth-order valence-corrected chi connectivity index (χ4v) is 2.33. The summed E-state index contributed by atoms with van der Waals surface area (Å²) in [6.07, 6.45) is 0.488. The lowest BCUT2D eigenvalue weighted by Crippen LogP contribution is -2.46. The average Bonchev–Trinajstić information content (AvgIpc) is 3.01. The summed E-state index contributed by atoms with van der Waals surface area (Å²) in [6, 6.07) is 4.63. The van der Waals surface area contributed by atoms with E-state index in [-0.39, 0.29) is 17.7 Å². The van der Waals surface area contributed by atoms with Gasteiger partial charge in [-0.1, -0.05) is 18.2 Å². The van der Waals surface area contributed by atoms with Gasteiger partial charge in [-0.05, 0) is 12.8 Å². The molecular weight excluding hydrogens is 292 g/mol. The summed E-state index contributed by atoms with van der Waals surface area (Å²) in [5, 5.41) is 22.6. The van der Waals surface area contributed by atoms with Crippen LogP contribution in [0.4, 0.5) is 5.69 Å².